The Balaban J connectivity index is 2.16. The Morgan fingerprint density at radius 2 is 2.41 bits per heavy atom. The first-order valence-corrected chi connectivity index (χ1v) is 6.59. The number of aromatic nitrogens is 2. The summed E-state index contributed by atoms with van der Waals surface area (Å²) >= 11 is 0. The summed E-state index contributed by atoms with van der Waals surface area (Å²) in [6, 6.07) is 0.327. The van der Waals surface area contributed by atoms with Crippen LogP contribution in [0.15, 0.2) is 12.5 Å². The summed E-state index contributed by atoms with van der Waals surface area (Å²) in [5, 5.41) is 3.56. The van der Waals surface area contributed by atoms with Gasteiger partial charge in [0.15, 0.2) is 0 Å². The maximum absolute atomic E-state index is 5.80. The van der Waals surface area contributed by atoms with Gasteiger partial charge in [-0.1, -0.05) is 13.8 Å². The van der Waals surface area contributed by atoms with Gasteiger partial charge in [0.25, 0.3) is 0 Å². The van der Waals surface area contributed by atoms with Crippen LogP contribution < -0.4 is 5.32 Å². The summed E-state index contributed by atoms with van der Waals surface area (Å²) in [4.78, 5) is 4.49. The number of nitrogens with one attached hydrogen (secondary N) is 1. The molecule has 0 saturated carbocycles. The first-order valence-electron chi connectivity index (χ1n) is 6.59. The number of nitrogens with zero attached hydrogens (tertiary/aromatic N) is 2. The van der Waals surface area contributed by atoms with E-state index in [1.165, 1.54) is 0 Å². The summed E-state index contributed by atoms with van der Waals surface area (Å²) in [5.41, 5.74) is 1.14. The van der Waals surface area contributed by atoms with Gasteiger partial charge in [-0.05, 0) is 19.4 Å². The van der Waals surface area contributed by atoms with Gasteiger partial charge >= 0.3 is 0 Å². The van der Waals surface area contributed by atoms with E-state index in [2.05, 4.69) is 30.3 Å². The molecule has 0 aliphatic carbocycles. The maximum atomic E-state index is 5.80. The summed E-state index contributed by atoms with van der Waals surface area (Å²) in [6.45, 7) is 6.20. The van der Waals surface area contributed by atoms with Crippen LogP contribution in [0.3, 0.4) is 0 Å². The van der Waals surface area contributed by atoms with Gasteiger partial charge in [-0.25, -0.2) is 4.98 Å². The largest absolute Gasteiger partial charge is 0.378 e. The molecule has 0 spiro atoms. The average molecular weight is 237 g/mol. The van der Waals surface area contributed by atoms with Gasteiger partial charge in [0.2, 0.25) is 0 Å². The van der Waals surface area contributed by atoms with E-state index in [9.17, 15) is 0 Å². The molecule has 0 radical (unpaired) electrons. The zero-order chi connectivity index (χ0) is 12.3. The van der Waals surface area contributed by atoms with E-state index in [1.54, 1.807) is 0 Å². The molecule has 1 aliphatic heterocycles. The highest BCUT2D eigenvalue weighted by Gasteiger charge is 2.34. The van der Waals surface area contributed by atoms with Crippen LogP contribution in [-0.2, 0) is 11.8 Å². The van der Waals surface area contributed by atoms with Crippen LogP contribution in [0.2, 0.25) is 0 Å². The van der Waals surface area contributed by atoms with Gasteiger partial charge < -0.3 is 14.6 Å². The van der Waals surface area contributed by atoms with E-state index in [1.807, 2.05) is 17.9 Å². The molecular weight excluding hydrogens is 214 g/mol. The molecule has 1 saturated heterocycles. The van der Waals surface area contributed by atoms with Crippen molar-refractivity contribution >= 4 is 0 Å². The van der Waals surface area contributed by atoms with Crippen LogP contribution in [-0.4, -0.2) is 28.8 Å². The Morgan fingerprint density at radius 1 is 1.59 bits per heavy atom. The van der Waals surface area contributed by atoms with Crippen LogP contribution in [0, 0.1) is 5.92 Å². The molecule has 3 unspecified atom stereocenters. The molecule has 0 aromatic carbocycles. The minimum Gasteiger partial charge on any atom is -0.378 e. The molecule has 4 heteroatoms. The normalized spacial score (nSPS) is 26.3. The molecule has 1 fully saturated rings. The monoisotopic (exact) mass is 237 g/mol. The minimum absolute atomic E-state index is 0.327. The highest BCUT2D eigenvalue weighted by Crippen LogP contribution is 2.34. The number of rotatable bonds is 5. The Bertz CT molecular complexity index is 350. The van der Waals surface area contributed by atoms with Gasteiger partial charge in [-0.3, -0.25) is 0 Å². The van der Waals surface area contributed by atoms with Crippen molar-refractivity contribution in [2.24, 2.45) is 13.0 Å². The lowest BCUT2D eigenvalue weighted by molar-refractivity contribution is 0.0771. The van der Waals surface area contributed by atoms with E-state index in [0.29, 0.717) is 18.1 Å². The van der Waals surface area contributed by atoms with E-state index < -0.39 is 0 Å². The van der Waals surface area contributed by atoms with Crippen molar-refractivity contribution in [1.29, 1.82) is 0 Å². The van der Waals surface area contributed by atoms with E-state index in [4.69, 9.17) is 4.74 Å². The van der Waals surface area contributed by atoms with Crippen molar-refractivity contribution in [2.45, 2.75) is 38.8 Å². The molecule has 0 amide bonds. The third kappa shape index (κ3) is 2.69. The molecule has 1 aromatic rings. The predicted octanol–water partition coefficient (Wildman–Crippen LogP) is 1.89. The van der Waals surface area contributed by atoms with Crippen molar-refractivity contribution in [3.63, 3.8) is 0 Å². The van der Waals surface area contributed by atoms with Gasteiger partial charge in [0, 0.05) is 25.8 Å². The molecule has 2 rings (SSSR count). The lowest BCUT2D eigenvalue weighted by Gasteiger charge is -2.26. The summed E-state index contributed by atoms with van der Waals surface area (Å²) in [6.07, 6.45) is 6.57. The third-order valence-electron chi connectivity index (χ3n) is 3.56. The zero-order valence-electron chi connectivity index (χ0n) is 11.0. The Labute approximate surface area is 103 Å². The third-order valence-corrected chi connectivity index (χ3v) is 3.56. The minimum atomic E-state index is 0.327. The molecule has 1 aromatic heterocycles. The average Bonchev–Trinajstić information content (AvgIpc) is 2.94. The maximum Gasteiger partial charge on any atom is 0.0947 e. The molecular formula is C13H23N3O. The van der Waals surface area contributed by atoms with Gasteiger partial charge in [-0.15, -0.1) is 0 Å². The summed E-state index contributed by atoms with van der Waals surface area (Å²) < 4.78 is 7.81. The predicted molar refractivity (Wildman–Crippen MR) is 67.8 cm³/mol. The fourth-order valence-corrected chi connectivity index (χ4v) is 2.76. The summed E-state index contributed by atoms with van der Waals surface area (Å²) in [7, 11) is 2.02. The fourth-order valence-electron chi connectivity index (χ4n) is 2.76. The lowest BCUT2D eigenvalue weighted by Crippen LogP contribution is -2.33. The van der Waals surface area contributed by atoms with Crippen LogP contribution in [0.25, 0.3) is 0 Å². The number of hydrogen-bond acceptors (Lipinski definition) is 3. The lowest BCUT2D eigenvalue weighted by atomic mass is 9.89. The number of hydrogen-bond donors (Lipinski definition) is 1. The van der Waals surface area contributed by atoms with Gasteiger partial charge in [-0.2, -0.15) is 0 Å². The van der Waals surface area contributed by atoms with Crippen molar-refractivity contribution < 1.29 is 4.74 Å². The number of imidazole rings is 1. The van der Waals surface area contributed by atoms with E-state index in [0.717, 1.165) is 31.7 Å². The molecule has 96 valence electrons. The van der Waals surface area contributed by atoms with Crippen LogP contribution >= 0.6 is 0 Å². The Hall–Kier alpha value is -0.870. The van der Waals surface area contributed by atoms with Crippen LogP contribution in [0.4, 0.5) is 0 Å². The molecule has 2 heterocycles. The van der Waals surface area contributed by atoms with E-state index >= 15 is 0 Å². The standard InChI is InChI=1S/C13H23N3O/c1-4-12-10(6-7-17-12)13(14-5-2)11-8-16(3)9-15-11/h8-10,12-14H,4-7H2,1-3H3. The molecule has 3 atom stereocenters. The summed E-state index contributed by atoms with van der Waals surface area (Å²) in [5.74, 6) is 0.551. The van der Waals surface area contributed by atoms with Crippen molar-refractivity contribution in [3.05, 3.63) is 18.2 Å². The zero-order valence-corrected chi connectivity index (χ0v) is 11.0. The van der Waals surface area contributed by atoms with Gasteiger partial charge in [0.1, 0.15) is 0 Å². The first kappa shape index (κ1) is 12.6. The van der Waals surface area contributed by atoms with Crippen LogP contribution in [0.5, 0.6) is 0 Å². The molecule has 4 nitrogen and oxygen atoms in total. The topological polar surface area (TPSA) is 39.1 Å². The quantitative estimate of drug-likeness (QED) is 0.850. The SMILES string of the molecule is CCNC(c1cn(C)cn1)C1CCOC1CC. The fraction of sp³-hybridized carbons (Fsp3) is 0.769. The Morgan fingerprint density at radius 3 is 3.00 bits per heavy atom. The first-order chi connectivity index (χ1) is 8.26. The second kappa shape index (κ2) is 5.65. The van der Waals surface area contributed by atoms with Crippen molar-refractivity contribution in [1.82, 2.24) is 14.9 Å². The number of ether oxygens (including phenoxy) is 1. The Kier molecular flexibility index (Phi) is 4.18. The molecule has 17 heavy (non-hydrogen) atoms. The number of aryl methyl sites for hydroxylation is 1. The van der Waals surface area contributed by atoms with Crippen molar-refractivity contribution in [2.75, 3.05) is 13.2 Å². The molecule has 1 aliphatic rings. The second-order valence-electron chi connectivity index (χ2n) is 4.77. The highest BCUT2D eigenvalue weighted by atomic mass is 16.5. The van der Waals surface area contributed by atoms with Crippen LogP contribution in [0.1, 0.15) is 38.4 Å². The van der Waals surface area contributed by atoms with Gasteiger partial charge in [0.05, 0.1) is 24.2 Å². The van der Waals surface area contributed by atoms with Crippen molar-refractivity contribution in [3.8, 4) is 0 Å². The molecule has 1 N–H and O–H groups in total. The highest BCUT2D eigenvalue weighted by molar-refractivity contribution is 5.07. The van der Waals surface area contributed by atoms with E-state index in [-0.39, 0.29) is 0 Å². The molecule has 0 bridgehead atoms. The second-order valence-corrected chi connectivity index (χ2v) is 4.77. The smallest absolute Gasteiger partial charge is 0.0947 e.